The molecule has 2 aromatic carbocycles. The number of piperazine rings is 1. The number of nitrogens with zero attached hydrogens (tertiary/aromatic N) is 5. The second-order valence-electron chi connectivity index (χ2n) is 7.90. The number of rotatable bonds is 6. The standard InChI is InChI=1S/C23H24ClN7O3/c1-15-6-5-9-19(16(15)2)29-10-12-30(13-11-29)22-20(31(33)34)21(25-14-26-22)27-28-23(32)17-7-3-4-8-18(17)24/h3-9,14H,10-13H2,1-2H3,(H,28,32)(H,25,26,27). The Kier molecular flexibility index (Phi) is 6.78. The largest absolute Gasteiger partial charge is 0.368 e. The summed E-state index contributed by atoms with van der Waals surface area (Å²) in [5, 5.41) is 12.2. The summed E-state index contributed by atoms with van der Waals surface area (Å²) >= 11 is 6.05. The molecule has 34 heavy (non-hydrogen) atoms. The van der Waals surface area contributed by atoms with Crippen LogP contribution in [0, 0.1) is 24.0 Å². The Morgan fingerprint density at radius 3 is 2.44 bits per heavy atom. The van der Waals surface area contributed by atoms with Gasteiger partial charge >= 0.3 is 5.69 Å². The third-order valence-electron chi connectivity index (χ3n) is 5.89. The lowest BCUT2D eigenvalue weighted by Gasteiger charge is -2.37. The van der Waals surface area contributed by atoms with E-state index in [2.05, 4.69) is 51.7 Å². The van der Waals surface area contributed by atoms with Crippen LogP contribution in [0.5, 0.6) is 0 Å². The fraction of sp³-hybridized carbons (Fsp3) is 0.261. The first-order valence-corrected chi connectivity index (χ1v) is 11.1. The van der Waals surface area contributed by atoms with Gasteiger partial charge in [-0.3, -0.25) is 25.8 Å². The maximum absolute atomic E-state index is 12.4. The molecule has 4 rings (SSSR count). The van der Waals surface area contributed by atoms with Gasteiger partial charge in [0.15, 0.2) is 0 Å². The Bertz CT molecular complexity index is 1230. The number of carbonyl (C=O) groups is 1. The summed E-state index contributed by atoms with van der Waals surface area (Å²) in [6.07, 6.45) is 1.24. The zero-order valence-corrected chi connectivity index (χ0v) is 19.5. The van der Waals surface area contributed by atoms with Crippen LogP contribution in [0.15, 0.2) is 48.8 Å². The summed E-state index contributed by atoms with van der Waals surface area (Å²) < 4.78 is 0. The number of hydrogen-bond acceptors (Lipinski definition) is 8. The highest BCUT2D eigenvalue weighted by Gasteiger charge is 2.30. The summed E-state index contributed by atoms with van der Waals surface area (Å²) in [4.78, 5) is 36.1. The van der Waals surface area contributed by atoms with Crippen LogP contribution >= 0.6 is 11.6 Å². The monoisotopic (exact) mass is 481 g/mol. The minimum absolute atomic E-state index is 0.104. The topological polar surface area (TPSA) is 117 Å². The molecule has 11 heteroatoms. The number of aromatic nitrogens is 2. The summed E-state index contributed by atoms with van der Waals surface area (Å²) in [5.74, 6) is -0.440. The van der Waals surface area contributed by atoms with Gasteiger partial charge in [0.25, 0.3) is 5.91 Å². The van der Waals surface area contributed by atoms with Gasteiger partial charge in [0, 0.05) is 31.9 Å². The van der Waals surface area contributed by atoms with Gasteiger partial charge in [-0.1, -0.05) is 35.9 Å². The molecule has 1 aromatic heterocycles. The van der Waals surface area contributed by atoms with Crippen molar-refractivity contribution in [2.45, 2.75) is 13.8 Å². The van der Waals surface area contributed by atoms with Gasteiger partial charge in [0.1, 0.15) is 6.33 Å². The number of nitro groups is 1. The molecule has 10 nitrogen and oxygen atoms in total. The third-order valence-corrected chi connectivity index (χ3v) is 6.22. The first-order chi connectivity index (χ1) is 16.4. The van der Waals surface area contributed by atoms with E-state index in [0.29, 0.717) is 26.2 Å². The van der Waals surface area contributed by atoms with E-state index in [9.17, 15) is 14.9 Å². The predicted molar refractivity (Wildman–Crippen MR) is 132 cm³/mol. The fourth-order valence-electron chi connectivity index (χ4n) is 3.93. The lowest BCUT2D eigenvalue weighted by molar-refractivity contribution is -0.383. The van der Waals surface area contributed by atoms with Crippen LogP contribution in [0.4, 0.5) is 23.0 Å². The van der Waals surface area contributed by atoms with Crippen LogP contribution < -0.4 is 20.7 Å². The number of benzene rings is 2. The van der Waals surface area contributed by atoms with Crippen LogP contribution in [0.25, 0.3) is 0 Å². The average molecular weight is 482 g/mol. The Hall–Kier alpha value is -3.92. The number of anilines is 3. The van der Waals surface area contributed by atoms with Crippen molar-refractivity contribution in [1.82, 2.24) is 15.4 Å². The van der Waals surface area contributed by atoms with E-state index in [1.54, 1.807) is 24.3 Å². The van der Waals surface area contributed by atoms with Crippen LogP contribution in [0.3, 0.4) is 0 Å². The van der Waals surface area contributed by atoms with E-state index in [4.69, 9.17) is 11.6 Å². The minimum atomic E-state index is -0.545. The lowest BCUT2D eigenvalue weighted by atomic mass is 10.1. The minimum Gasteiger partial charge on any atom is -0.368 e. The van der Waals surface area contributed by atoms with E-state index in [1.807, 2.05) is 11.0 Å². The second-order valence-corrected chi connectivity index (χ2v) is 8.31. The molecule has 0 spiro atoms. The smallest absolute Gasteiger partial charge is 0.355 e. The molecule has 1 aliphatic rings. The Morgan fingerprint density at radius 1 is 1.03 bits per heavy atom. The highest BCUT2D eigenvalue weighted by molar-refractivity contribution is 6.33. The van der Waals surface area contributed by atoms with Crippen molar-refractivity contribution < 1.29 is 9.72 Å². The fourth-order valence-corrected chi connectivity index (χ4v) is 4.15. The van der Waals surface area contributed by atoms with Crippen LogP contribution in [-0.2, 0) is 0 Å². The molecular weight excluding hydrogens is 458 g/mol. The Labute approximate surface area is 201 Å². The van der Waals surface area contributed by atoms with E-state index >= 15 is 0 Å². The number of nitrogens with one attached hydrogen (secondary N) is 2. The molecule has 2 N–H and O–H groups in total. The highest BCUT2D eigenvalue weighted by atomic mass is 35.5. The van der Waals surface area contributed by atoms with Crippen molar-refractivity contribution in [1.29, 1.82) is 0 Å². The summed E-state index contributed by atoms with van der Waals surface area (Å²) in [7, 11) is 0. The molecule has 0 bridgehead atoms. The third kappa shape index (κ3) is 4.72. The number of hydrogen-bond donors (Lipinski definition) is 2. The molecule has 2 heterocycles. The van der Waals surface area contributed by atoms with Gasteiger partial charge in [-0.2, -0.15) is 0 Å². The molecule has 3 aromatic rings. The van der Waals surface area contributed by atoms with Crippen molar-refractivity contribution in [3.05, 3.63) is 80.6 Å². The quantitative estimate of drug-likeness (QED) is 0.404. The van der Waals surface area contributed by atoms with Gasteiger partial charge in [-0.25, -0.2) is 9.97 Å². The maximum Gasteiger partial charge on any atom is 0.355 e. The highest BCUT2D eigenvalue weighted by Crippen LogP contribution is 2.33. The van der Waals surface area contributed by atoms with Crippen molar-refractivity contribution in [3.8, 4) is 0 Å². The van der Waals surface area contributed by atoms with Crippen molar-refractivity contribution in [3.63, 3.8) is 0 Å². The first kappa shape index (κ1) is 23.2. The van der Waals surface area contributed by atoms with Gasteiger partial charge in [-0.05, 0) is 43.2 Å². The van der Waals surface area contributed by atoms with Gasteiger partial charge in [0.05, 0.1) is 15.5 Å². The molecule has 1 saturated heterocycles. The molecule has 0 aliphatic carbocycles. The van der Waals surface area contributed by atoms with Crippen LogP contribution in [0.2, 0.25) is 5.02 Å². The molecule has 176 valence electrons. The zero-order valence-electron chi connectivity index (χ0n) is 18.8. The summed E-state index contributed by atoms with van der Waals surface area (Å²) in [6.45, 7) is 6.67. The molecular formula is C23H24ClN7O3. The van der Waals surface area contributed by atoms with E-state index in [-0.39, 0.29) is 27.9 Å². The number of aryl methyl sites for hydroxylation is 1. The van der Waals surface area contributed by atoms with Gasteiger partial charge < -0.3 is 9.80 Å². The molecule has 0 radical (unpaired) electrons. The molecule has 1 aliphatic heterocycles. The van der Waals surface area contributed by atoms with E-state index in [1.165, 1.54) is 23.1 Å². The van der Waals surface area contributed by atoms with Crippen molar-refractivity contribution in [2.24, 2.45) is 0 Å². The average Bonchev–Trinajstić information content (AvgIpc) is 2.84. The van der Waals surface area contributed by atoms with E-state index < -0.39 is 10.8 Å². The molecule has 1 fully saturated rings. The Morgan fingerprint density at radius 2 is 1.74 bits per heavy atom. The van der Waals surface area contributed by atoms with Crippen molar-refractivity contribution >= 4 is 40.5 Å². The lowest BCUT2D eigenvalue weighted by Crippen LogP contribution is -2.47. The summed E-state index contributed by atoms with van der Waals surface area (Å²) in [6, 6.07) is 12.7. The summed E-state index contributed by atoms with van der Waals surface area (Å²) in [5.41, 5.74) is 8.53. The SMILES string of the molecule is Cc1cccc(N2CCN(c3ncnc(NNC(=O)c4ccccc4Cl)c3[N+](=O)[O-])CC2)c1C. The van der Waals surface area contributed by atoms with Crippen LogP contribution in [-0.4, -0.2) is 47.0 Å². The predicted octanol–water partition coefficient (Wildman–Crippen LogP) is 3.74. The maximum atomic E-state index is 12.4. The van der Waals surface area contributed by atoms with E-state index in [0.717, 1.165) is 0 Å². The number of amides is 1. The van der Waals surface area contributed by atoms with Crippen molar-refractivity contribution in [2.75, 3.05) is 41.4 Å². The second kappa shape index (κ2) is 9.92. The van der Waals surface area contributed by atoms with Crippen LogP contribution in [0.1, 0.15) is 21.5 Å². The molecule has 0 atom stereocenters. The number of hydrazine groups is 1. The molecule has 0 unspecified atom stereocenters. The number of carbonyl (C=O) groups excluding carboxylic acids is 1. The van der Waals surface area contributed by atoms with Gasteiger partial charge in [-0.15, -0.1) is 0 Å². The zero-order chi connectivity index (χ0) is 24.2. The number of halogens is 1. The molecule has 0 saturated carbocycles. The Balaban J connectivity index is 1.50. The normalized spacial score (nSPS) is 13.5. The first-order valence-electron chi connectivity index (χ1n) is 10.7. The molecule has 1 amide bonds. The van der Waals surface area contributed by atoms with Gasteiger partial charge in [0.2, 0.25) is 11.6 Å².